The van der Waals surface area contributed by atoms with Crippen LogP contribution in [0, 0.1) is 0 Å². The Balaban J connectivity index is 1.40. The summed E-state index contributed by atoms with van der Waals surface area (Å²) in [6.45, 7) is 2.91. The van der Waals surface area contributed by atoms with E-state index in [-0.39, 0.29) is 6.54 Å². The van der Waals surface area contributed by atoms with Crippen molar-refractivity contribution < 1.29 is 14.3 Å². The number of methoxy groups -OCH3 is 1. The molecule has 30 heavy (non-hydrogen) atoms. The number of carbonyl (C=O) groups is 2. The van der Waals surface area contributed by atoms with Crippen molar-refractivity contribution in [1.29, 1.82) is 0 Å². The van der Waals surface area contributed by atoms with E-state index in [9.17, 15) is 9.59 Å². The summed E-state index contributed by atoms with van der Waals surface area (Å²) >= 11 is 0. The molecule has 2 aromatic rings. The molecule has 0 spiro atoms. The zero-order valence-electron chi connectivity index (χ0n) is 17.7. The fraction of sp³-hybridized carbons (Fsp3) is 0.417. The van der Waals surface area contributed by atoms with Crippen LogP contribution in [0.3, 0.4) is 0 Å². The van der Waals surface area contributed by atoms with E-state index in [1.54, 1.807) is 7.11 Å². The van der Waals surface area contributed by atoms with Crippen molar-refractivity contribution in [3.63, 3.8) is 0 Å². The highest BCUT2D eigenvalue weighted by Crippen LogP contribution is 2.20. The molecule has 0 unspecified atom stereocenters. The van der Waals surface area contributed by atoms with Crippen LogP contribution in [0.15, 0.2) is 48.5 Å². The predicted molar refractivity (Wildman–Crippen MR) is 119 cm³/mol. The third kappa shape index (κ3) is 6.24. The van der Waals surface area contributed by atoms with Gasteiger partial charge < -0.3 is 20.3 Å². The maximum atomic E-state index is 12.0. The highest BCUT2D eigenvalue weighted by atomic mass is 16.5. The Morgan fingerprint density at radius 3 is 2.27 bits per heavy atom. The average Bonchev–Trinajstić information content (AvgIpc) is 3.07. The van der Waals surface area contributed by atoms with Gasteiger partial charge in [0.05, 0.1) is 7.11 Å². The molecule has 2 amide bonds. The lowest BCUT2D eigenvalue weighted by molar-refractivity contribution is -0.139. The van der Waals surface area contributed by atoms with Gasteiger partial charge in [-0.3, -0.25) is 9.59 Å². The van der Waals surface area contributed by atoms with E-state index in [4.69, 9.17) is 4.74 Å². The average molecular weight is 410 g/mol. The normalized spacial score (nSPS) is 14.0. The summed E-state index contributed by atoms with van der Waals surface area (Å²) in [5.74, 6) is -0.578. The van der Waals surface area contributed by atoms with Crippen LogP contribution in [-0.2, 0) is 22.6 Å². The Labute approximate surface area is 178 Å². The molecule has 0 radical (unpaired) electrons. The molecule has 0 aromatic heterocycles. The standard InChI is InChI=1S/C24H31N3O3/c1-30-22-9-5-4-8-20(22)18-26-24(29)23(28)25-15-14-19-10-12-21(13-11-19)27-16-6-2-3-7-17-27/h4-5,8-13H,2-3,6-7,14-18H2,1H3,(H,25,28)(H,26,29). The Morgan fingerprint density at radius 1 is 0.900 bits per heavy atom. The van der Waals surface area contributed by atoms with Crippen molar-refractivity contribution in [3.05, 3.63) is 59.7 Å². The number of ether oxygens (including phenoxy) is 1. The second-order valence-corrected chi connectivity index (χ2v) is 7.57. The van der Waals surface area contributed by atoms with Gasteiger partial charge in [0.1, 0.15) is 5.75 Å². The van der Waals surface area contributed by atoms with Crippen LogP contribution in [0.2, 0.25) is 0 Å². The molecule has 0 aliphatic carbocycles. The Bertz CT molecular complexity index is 828. The first-order valence-corrected chi connectivity index (χ1v) is 10.7. The number of nitrogens with zero attached hydrogens (tertiary/aromatic N) is 1. The second kappa shape index (κ2) is 11.2. The monoisotopic (exact) mass is 409 g/mol. The van der Waals surface area contributed by atoms with E-state index in [0.29, 0.717) is 18.7 Å². The van der Waals surface area contributed by atoms with Crippen LogP contribution >= 0.6 is 0 Å². The van der Waals surface area contributed by atoms with E-state index >= 15 is 0 Å². The Kier molecular flexibility index (Phi) is 8.12. The summed E-state index contributed by atoms with van der Waals surface area (Å²) in [7, 11) is 1.58. The van der Waals surface area contributed by atoms with E-state index in [0.717, 1.165) is 24.2 Å². The molecule has 6 heteroatoms. The molecule has 0 bridgehead atoms. The van der Waals surface area contributed by atoms with E-state index in [2.05, 4.69) is 39.8 Å². The number of amides is 2. The smallest absolute Gasteiger partial charge is 0.309 e. The first-order chi connectivity index (χ1) is 14.7. The second-order valence-electron chi connectivity index (χ2n) is 7.57. The number of carbonyl (C=O) groups excluding carboxylic acids is 2. The van der Waals surface area contributed by atoms with E-state index in [1.807, 2.05) is 24.3 Å². The minimum atomic E-state index is -0.641. The van der Waals surface area contributed by atoms with Gasteiger partial charge in [-0.2, -0.15) is 0 Å². The van der Waals surface area contributed by atoms with Gasteiger partial charge in [-0.25, -0.2) is 0 Å². The van der Waals surface area contributed by atoms with Crippen molar-refractivity contribution in [2.75, 3.05) is 31.6 Å². The zero-order valence-corrected chi connectivity index (χ0v) is 17.7. The van der Waals surface area contributed by atoms with Crippen LogP contribution in [-0.4, -0.2) is 38.6 Å². The predicted octanol–water partition coefficient (Wildman–Crippen LogP) is 3.05. The molecule has 1 aliphatic heterocycles. The lowest BCUT2D eigenvalue weighted by Crippen LogP contribution is -2.40. The number of hydrogen-bond donors (Lipinski definition) is 2. The van der Waals surface area contributed by atoms with Crippen molar-refractivity contribution >= 4 is 17.5 Å². The maximum absolute atomic E-state index is 12.0. The van der Waals surface area contributed by atoms with Crippen molar-refractivity contribution in [2.45, 2.75) is 38.6 Å². The molecule has 0 atom stereocenters. The van der Waals surface area contributed by atoms with Gasteiger partial charge in [0.15, 0.2) is 0 Å². The number of para-hydroxylation sites is 1. The largest absolute Gasteiger partial charge is 0.496 e. The molecule has 160 valence electrons. The first kappa shape index (κ1) is 21.7. The van der Waals surface area contributed by atoms with Crippen molar-refractivity contribution in [2.24, 2.45) is 0 Å². The summed E-state index contributed by atoms with van der Waals surface area (Å²) in [4.78, 5) is 26.5. The van der Waals surface area contributed by atoms with Crippen LogP contribution in [0.5, 0.6) is 5.75 Å². The van der Waals surface area contributed by atoms with Crippen LogP contribution in [0.1, 0.15) is 36.8 Å². The molecular formula is C24H31N3O3. The number of benzene rings is 2. The van der Waals surface area contributed by atoms with Crippen LogP contribution in [0.4, 0.5) is 5.69 Å². The van der Waals surface area contributed by atoms with E-state index in [1.165, 1.54) is 31.4 Å². The fourth-order valence-corrected chi connectivity index (χ4v) is 3.71. The van der Waals surface area contributed by atoms with Crippen LogP contribution in [0.25, 0.3) is 0 Å². The zero-order chi connectivity index (χ0) is 21.2. The topological polar surface area (TPSA) is 70.7 Å². The van der Waals surface area contributed by atoms with Gasteiger partial charge in [0.25, 0.3) is 0 Å². The summed E-state index contributed by atoms with van der Waals surface area (Å²) < 4.78 is 5.25. The van der Waals surface area contributed by atoms with Gasteiger partial charge in [-0.15, -0.1) is 0 Å². The maximum Gasteiger partial charge on any atom is 0.309 e. The third-order valence-electron chi connectivity index (χ3n) is 5.44. The number of rotatable bonds is 7. The van der Waals surface area contributed by atoms with Gasteiger partial charge in [0, 0.05) is 37.4 Å². The Morgan fingerprint density at radius 2 is 1.57 bits per heavy atom. The van der Waals surface area contributed by atoms with Crippen LogP contribution < -0.4 is 20.3 Å². The van der Waals surface area contributed by atoms with Crippen molar-refractivity contribution in [1.82, 2.24) is 10.6 Å². The minimum absolute atomic E-state index is 0.244. The summed E-state index contributed by atoms with van der Waals surface area (Å²) in [6, 6.07) is 15.9. The number of hydrogen-bond acceptors (Lipinski definition) is 4. The van der Waals surface area contributed by atoms with Crippen molar-refractivity contribution in [3.8, 4) is 5.75 Å². The molecule has 1 fully saturated rings. The molecular weight excluding hydrogens is 378 g/mol. The molecule has 1 heterocycles. The highest BCUT2D eigenvalue weighted by molar-refractivity contribution is 6.35. The molecule has 0 saturated carbocycles. The quantitative estimate of drug-likeness (QED) is 0.690. The third-order valence-corrected chi connectivity index (χ3v) is 5.44. The summed E-state index contributed by atoms with van der Waals surface area (Å²) in [5, 5.41) is 5.32. The Hall–Kier alpha value is -3.02. The number of anilines is 1. The first-order valence-electron chi connectivity index (χ1n) is 10.7. The van der Waals surface area contributed by atoms with Gasteiger partial charge >= 0.3 is 11.8 Å². The molecule has 1 aliphatic rings. The SMILES string of the molecule is COc1ccccc1CNC(=O)C(=O)NCCc1ccc(N2CCCCCC2)cc1. The molecule has 6 nitrogen and oxygen atoms in total. The highest BCUT2D eigenvalue weighted by Gasteiger charge is 2.14. The molecule has 2 N–H and O–H groups in total. The molecule has 2 aromatic carbocycles. The van der Waals surface area contributed by atoms with E-state index < -0.39 is 11.8 Å². The summed E-state index contributed by atoms with van der Waals surface area (Å²) in [5.41, 5.74) is 3.23. The summed E-state index contributed by atoms with van der Waals surface area (Å²) in [6.07, 6.45) is 5.84. The molecule has 1 saturated heterocycles. The lowest BCUT2D eigenvalue weighted by Gasteiger charge is -2.22. The minimum Gasteiger partial charge on any atom is -0.496 e. The van der Waals surface area contributed by atoms with Gasteiger partial charge in [-0.05, 0) is 43.0 Å². The molecule has 3 rings (SSSR count). The van der Waals surface area contributed by atoms with Gasteiger partial charge in [0.2, 0.25) is 0 Å². The lowest BCUT2D eigenvalue weighted by atomic mass is 10.1. The van der Waals surface area contributed by atoms with Gasteiger partial charge in [-0.1, -0.05) is 43.2 Å². The number of nitrogens with one attached hydrogen (secondary N) is 2. The fourth-order valence-electron chi connectivity index (χ4n) is 3.71.